The SMILES string of the molecule is CCCN=C(N)c1ccccc1CC.Cc1ccc(C)c(C)c1. The van der Waals surface area contributed by atoms with Crippen LogP contribution < -0.4 is 5.73 Å². The fourth-order valence-corrected chi connectivity index (χ4v) is 2.29. The number of amidine groups is 1. The van der Waals surface area contributed by atoms with Gasteiger partial charge in [-0.25, -0.2) is 0 Å². The normalized spacial score (nSPS) is 10.9. The first kappa shape index (κ1) is 19.0. The molecule has 23 heavy (non-hydrogen) atoms. The Morgan fingerprint density at radius 3 is 2.22 bits per heavy atom. The van der Waals surface area contributed by atoms with E-state index in [4.69, 9.17) is 5.73 Å². The van der Waals surface area contributed by atoms with Crippen molar-refractivity contribution >= 4 is 5.84 Å². The van der Waals surface area contributed by atoms with Gasteiger partial charge in [0, 0.05) is 12.1 Å². The van der Waals surface area contributed by atoms with E-state index in [1.165, 1.54) is 22.3 Å². The maximum absolute atomic E-state index is 5.91. The molecule has 0 radical (unpaired) electrons. The zero-order valence-electron chi connectivity index (χ0n) is 15.2. The third kappa shape index (κ3) is 6.27. The first-order valence-corrected chi connectivity index (χ1v) is 8.41. The molecule has 0 heterocycles. The molecule has 2 heteroatoms. The van der Waals surface area contributed by atoms with E-state index in [1.807, 2.05) is 18.2 Å². The highest BCUT2D eigenvalue weighted by Gasteiger charge is 2.02. The summed E-state index contributed by atoms with van der Waals surface area (Å²) in [6.45, 7) is 11.4. The molecule has 2 N–H and O–H groups in total. The molecule has 0 aliphatic heterocycles. The molecule has 0 saturated carbocycles. The minimum absolute atomic E-state index is 0.671. The van der Waals surface area contributed by atoms with Gasteiger partial charge in [0.2, 0.25) is 0 Å². The van der Waals surface area contributed by atoms with E-state index < -0.39 is 0 Å². The molecule has 0 atom stereocenters. The zero-order chi connectivity index (χ0) is 17.2. The molecule has 124 valence electrons. The Morgan fingerprint density at radius 1 is 0.957 bits per heavy atom. The fourth-order valence-electron chi connectivity index (χ4n) is 2.29. The summed E-state index contributed by atoms with van der Waals surface area (Å²) in [5.74, 6) is 0.671. The maximum atomic E-state index is 5.91. The van der Waals surface area contributed by atoms with Crippen LogP contribution in [0.2, 0.25) is 0 Å². The molecule has 0 bridgehead atoms. The highest BCUT2D eigenvalue weighted by atomic mass is 14.8. The average molecular weight is 310 g/mol. The monoisotopic (exact) mass is 310 g/mol. The van der Waals surface area contributed by atoms with Crippen LogP contribution in [0.1, 0.15) is 48.1 Å². The number of hydrogen-bond acceptors (Lipinski definition) is 1. The van der Waals surface area contributed by atoms with Crippen LogP contribution in [0.25, 0.3) is 0 Å². The Kier molecular flexibility index (Phi) is 8.10. The zero-order valence-corrected chi connectivity index (χ0v) is 15.2. The van der Waals surface area contributed by atoms with Gasteiger partial charge in [-0.3, -0.25) is 4.99 Å². The standard InChI is InChI=1S/C12H18N2.C9H12/c1-3-9-14-12(13)11-8-6-5-7-10(11)4-2;1-7-4-5-8(2)9(3)6-7/h5-8H,3-4,9H2,1-2H3,(H2,13,14);4-6H,1-3H3. The summed E-state index contributed by atoms with van der Waals surface area (Å²) < 4.78 is 0. The van der Waals surface area contributed by atoms with Crippen LogP contribution in [0.3, 0.4) is 0 Å². The van der Waals surface area contributed by atoms with Gasteiger partial charge in [0.15, 0.2) is 0 Å². The third-order valence-electron chi connectivity index (χ3n) is 3.84. The Morgan fingerprint density at radius 2 is 1.65 bits per heavy atom. The molecular weight excluding hydrogens is 280 g/mol. The van der Waals surface area contributed by atoms with Crippen molar-refractivity contribution in [3.05, 3.63) is 70.3 Å². The van der Waals surface area contributed by atoms with Crippen LogP contribution in [0.4, 0.5) is 0 Å². The second-order valence-corrected chi connectivity index (χ2v) is 5.87. The largest absolute Gasteiger partial charge is 0.383 e. The van der Waals surface area contributed by atoms with Crippen LogP contribution in [0.15, 0.2) is 47.5 Å². The van der Waals surface area contributed by atoms with Gasteiger partial charge in [0.25, 0.3) is 0 Å². The lowest BCUT2D eigenvalue weighted by atomic mass is 10.0. The minimum Gasteiger partial charge on any atom is -0.383 e. The molecular formula is C21H30N2. The molecule has 0 aliphatic rings. The van der Waals surface area contributed by atoms with Crippen molar-refractivity contribution in [2.45, 2.75) is 47.5 Å². The number of aliphatic imine (C=N–C) groups is 1. The minimum atomic E-state index is 0.671. The van der Waals surface area contributed by atoms with Crippen molar-refractivity contribution < 1.29 is 0 Å². The fraction of sp³-hybridized carbons (Fsp3) is 0.381. The molecule has 0 amide bonds. The molecule has 0 spiro atoms. The highest BCUT2D eigenvalue weighted by molar-refractivity contribution is 5.98. The van der Waals surface area contributed by atoms with Gasteiger partial charge in [0.1, 0.15) is 5.84 Å². The van der Waals surface area contributed by atoms with Crippen molar-refractivity contribution in [2.24, 2.45) is 10.7 Å². The Hall–Kier alpha value is -2.09. The molecule has 0 aromatic heterocycles. The van der Waals surface area contributed by atoms with Gasteiger partial charge in [-0.1, -0.05) is 61.9 Å². The van der Waals surface area contributed by atoms with Crippen LogP contribution in [0.5, 0.6) is 0 Å². The van der Waals surface area contributed by atoms with Crippen molar-refractivity contribution in [2.75, 3.05) is 6.54 Å². The molecule has 2 nitrogen and oxygen atoms in total. The summed E-state index contributed by atoms with van der Waals surface area (Å²) >= 11 is 0. The molecule has 0 aliphatic carbocycles. The number of nitrogens with two attached hydrogens (primary N) is 1. The van der Waals surface area contributed by atoms with Crippen LogP contribution in [-0.2, 0) is 6.42 Å². The van der Waals surface area contributed by atoms with Crippen molar-refractivity contribution in [1.82, 2.24) is 0 Å². The van der Waals surface area contributed by atoms with E-state index in [2.05, 4.69) is 63.9 Å². The number of benzene rings is 2. The molecule has 0 unspecified atom stereocenters. The van der Waals surface area contributed by atoms with Gasteiger partial charge in [0.05, 0.1) is 0 Å². The number of aryl methyl sites for hydroxylation is 4. The molecule has 0 fully saturated rings. The van der Waals surface area contributed by atoms with Crippen molar-refractivity contribution in [3.8, 4) is 0 Å². The van der Waals surface area contributed by atoms with E-state index in [9.17, 15) is 0 Å². The lowest BCUT2D eigenvalue weighted by Gasteiger charge is -2.06. The summed E-state index contributed by atoms with van der Waals surface area (Å²) in [7, 11) is 0. The van der Waals surface area contributed by atoms with E-state index in [0.717, 1.165) is 24.9 Å². The van der Waals surface area contributed by atoms with Crippen LogP contribution >= 0.6 is 0 Å². The second kappa shape index (κ2) is 9.83. The van der Waals surface area contributed by atoms with Crippen LogP contribution in [0, 0.1) is 20.8 Å². The summed E-state index contributed by atoms with van der Waals surface area (Å²) in [6.07, 6.45) is 2.04. The maximum Gasteiger partial charge on any atom is 0.125 e. The smallest absolute Gasteiger partial charge is 0.125 e. The van der Waals surface area contributed by atoms with Crippen LogP contribution in [-0.4, -0.2) is 12.4 Å². The number of hydrogen-bond donors (Lipinski definition) is 1. The third-order valence-corrected chi connectivity index (χ3v) is 3.84. The summed E-state index contributed by atoms with van der Waals surface area (Å²) in [5, 5.41) is 0. The number of nitrogens with zero attached hydrogens (tertiary/aromatic N) is 1. The first-order chi connectivity index (χ1) is 11.0. The predicted molar refractivity (Wildman–Crippen MR) is 102 cm³/mol. The van der Waals surface area contributed by atoms with E-state index in [0.29, 0.717) is 5.84 Å². The highest BCUT2D eigenvalue weighted by Crippen LogP contribution is 2.09. The number of rotatable bonds is 4. The van der Waals surface area contributed by atoms with Crippen molar-refractivity contribution in [1.29, 1.82) is 0 Å². The predicted octanol–water partition coefficient (Wildman–Crippen LogP) is 4.98. The first-order valence-electron chi connectivity index (χ1n) is 8.41. The quantitative estimate of drug-likeness (QED) is 0.628. The second-order valence-electron chi connectivity index (χ2n) is 5.87. The topological polar surface area (TPSA) is 38.4 Å². The van der Waals surface area contributed by atoms with Gasteiger partial charge in [-0.05, 0) is 50.3 Å². The molecule has 2 rings (SSSR count). The van der Waals surface area contributed by atoms with Gasteiger partial charge in [-0.2, -0.15) is 0 Å². The van der Waals surface area contributed by atoms with Crippen molar-refractivity contribution in [3.63, 3.8) is 0 Å². The molecule has 2 aromatic carbocycles. The summed E-state index contributed by atoms with van der Waals surface area (Å²) in [6, 6.07) is 14.7. The van der Waals surface area contributed by atoms with Gasteiger partial charge >= 0.3 is 0 Å². The Bertz CT molecular complexity index is 642. The van der Waals surface area contributed by atoms with Gasteiger partial charge in [-0.15, -0.1) is 0 Å². The summed E-state index contributed by atoms with van der Waals surface area (Å²) in [5.41, 5.74) is 12.4. The molecule has 0 saturated heterocycles. The molecule has 2 aromatic rings. The lowest BCUT2D eigenvalue weighted by molar-refractivity contribution is 0.929. The average Bonchev–Trinajstić information content (AvgIpc) is 2.56. The lowest BCUT2D eigenvalue weighted by Crippen LogP contribution is -2.16. The van der Waals surface area contributed by atoms with Gasteiger partial charge < -0.3 is 5.73 Å². The van der Waals surface area contributed by atoms with E-state index >= 15 is 0 Å². The Labute approximate surface area is 141 Å². The van der Waals surface area contributed by atoms with E-state index in [1.54, 1.807) is 0 Å². The summed E-state index contributed by atoms with van der Waals surface area (Å²) in [4.78, 5) is 4.32. The Balaban J connectivity index is 0.000000253. The van der Waals surface area contributed by atoms with E-state index in [-0.39, 0.29) is 0 Å².